The molecule has 2 aliphatic rings. The summed E-state index contributed by atoms with van der Waals surface area (Å²) in [5.74, 6) is 0.291. The Labute approximate surface area is 194 Å². The van der Waals surface area contributed by atoms with E-state index in [1.54, 1.807) is 11.3 Å². The van der Waals surface area contributed by atoms with E-state index in [9.17, 15) is 14.9 Å². The lowest BCUT2D eigenvalue weighted by molar-refractivity contribution is -0.116. The maximum absolute atomic E-state index is 13.3. The Bertz CT molecular complexity index is 1330. The van der Waals surface area contributed by atoms with Gasteiger partial charge in [-0.25, -0.2) is 4.98 Å². The van der Waals surface area contributed by atoms with Gasteiger partial charge in [0.1, 0.15) is 22.4 Å². The summed E-state index contributed by atoms with van der Waals surface area (Å²) in [5.41, 5.74) is 2.87. The van der Waals surface area contributed by atoms with Crippen LogP contribution in [-0.4, -0.2) is 15.5 Å². The topological polar surface area (TPSA) is 87.8 Å². The van der Waals surface area contributed by atoms with Crippen LogP contribution in [0.25, 0.3) is 10.2 Å². The molecule has 8 heteroatoms. The third-order valence-corrected chi connectivity index (χ3v) is 9.23. The van der Waals surface area contributed by atoms with Gasteiger partial charge < -0.3 is 5.32 Å². The van der Waals surface area contributed by atoms with Crippen molar-refractivity contribution in [3.63, 3.8) is 0 Å². The molecule has 1 atom stereocenters. The number of carbonyl (C=O) groups excluding carboxylic acids is 1. The van der Waals surface area contributed by atoms with Crippen molar-refractivity contribution >= 4 is 43.8 Å². The van der Waals surface area contributed by atoms with Crippen molar-refractivity contribution in [2.24, 2.45) is 11.3 Å². The van der Waals surface area contributed by atoms with Crippen LogP contribution in [-0.2, 0) is 37.0 Å². The van der Waals surface area contributed by atoms with Gasteiger partial charge in [0.25, 0.3) is 5.56 Å². The largest absolute Gasteiger partial charge is 0.315 e. The van der Waals surface area contributed by atoms with Crippen LogP contribution in [0.4, 0.5) is 5.00 Å². The smallest absolute Gasteiger partial charge is 0.262 e. The maximum atomic E-state index is 13.3. The first kappa shape index (κ1) is 21.4. The fourth-order valence-electron chi connectivity index (χ4n) is 4.98. The van der Waals surface area contributed by atoms with E-state index in [1.165, 1.54) is 32.0 Å². The molecule has 1 N–H and O–H groups in total. The zero-order valence-electron chi connectivity index (χ0n) is 18.6. The van der Waals surface area contributed by atoms with E-state index in [0.29, 0.717) is 21.9 Å². The zero-order valence-corrected chi connectivity index (χ0v) is 20.2. The summed E-state index contributed by atoms with van der Waals surface area (Å²) in [6.07, 6.45) is 7.33. The number of aryl methyl sites for hydroxylation is 2. The number of carbonyl (C=O) groups is 1. The number of hydrogen-bond acceptors (Lipinski definition) is 6. The minimum atomic E-state index is -0.304. The van der Waals surface area contributed by atoms with Crippen molar-refractivity contribution in [2.75, 3.05) is 5.32 Å². The molecule has 0 unspecified atom stereocenters. The number of aromatic nitrogens is 2. The van der Waals surface area contributed by atoms with Crippen LogP contribution >= 0.6 is 22.7 Å². The molecule has 2 aliphatic carbocycles. The highest BCUT2D eigenvalue weighted by molar-refractivity contribution is 7.18. The Kier molecular flexibility index (Phi) is 5.22. The number of fused-ring (bicyclic) bond motifs is 4. The first-order valence-corrected chi connectivity index (χ1v) is 12.7. The minimum absolute atomic E-state index is 0.107. The highest BCUT2D eigenvalue weighted by Gasteiger charge is 2.32. The second kappa shape index (κ2) is 7.82. The summed E-state index contributed by atoms with van der Waals surface area (Å²) in [6, 6.07) is 2.24. The standard InChI is InChI=1S/C24H26N4O2S2/c1-24(2,3)13-7-8-15-18(9-13)32-22-20(15)23(30)28(12-26-22)11-19(29)27-21-16(10-25)14-5-4-6-17(14)31-21/h12-13H,4-9,11H2,1-3H3,(H,27,29)/t13-/m0/s1. The van der Waals surface area contributed by atoms with Crippen molar-refractivity contribution in [2.45, 2.75) is 65.8 Å². The summed E-state index contributed by atoms with van der Waals surface area (Å²) < 4.78 is 1.40. The average molecular weight is 467 g/mol. The van der Waals surface area contributed by atoms with Gasteiger partial charge in [-0.15, -0.1) is 22.7 Å². The highest BCUT2D eigenvalue weighted by Crippen LogP contribution is 2.42. The van der Waals surface area contributed by atoms with Crippen molar-refractivity contribution in [1.82, 2.24) is 9.55 Å². The molecule has 3 aromatic heterocycles. The fraction of sp³-hybridized carbons (Fsp3) is 0.500. The molecule has 0 radical (unpaired) electrons. The van der Waals surface area contributed by atoms with Crippen LogP contribution in [0.5, 0.6) is 0 Å². The predicted octanol–water partition coefficient (Wildman–Crippen LogP) is 4.67. The van der Waals surface area contributed by atoms with E-state index < -0.39 is 0 Å². The molecule has 0 fully saturated rings. The van der Waals surface area contributed by atoms with Crippen molar-refractivity contribution in [3.05, 3.63) is 43.1 Å². The van der Waals surface area contributed by atoms with Gasteiger partial charge in [0.05, 0.1) is 17.3 Å². The van der Waals surface area contributed by atoms with E-state index >= 15 is 0 Å². The molecule has 1 amide bonds. The van der Waals surface area contributed by atoms with Gasteiger partial charge in [0.2, 0.25) is 5.91 Å². The molecule has 32 heavy (non-hydrogen) atoms. The summed E-state index contributed by atoms with van der Waals surface area (Å²) in [4.78, 5) is 33.8. The van der Waals surface area contributed by atoms with E-state index in [1.807, 2.05) is 0 Å². The molecule has 0 spiro atoms. The number of nitriles is 1. The van der Waals surface area contributed by atoms with Crippen LogP contribution < -0.4 is 10.9 Å². The molecule has 3 heterocycles. The zero-order chi connectivity index (χ0) is 22.6. The SMILES string of the molecule is CC(C)(C)[C@H]1CCc2c(sc3ncn(CC(=O)Nc4sc5c(c4C#N)CCC5)c(=O)c23)C1. The molecular weight excluding hydrogens is 440 g/mol. The summed E-state index contributed by atoms with van der Waals surface area (Å²) in [7, 11) is 0. The third kappa shape index (κ3) is 3.57. The number of amides is 1. The van der Waals surface area contributed by atoms with Crippen LogP contribution in [0.2, 0.25) is 0 Å². The summed E-state index contributed by atoms with van der Waals surface area (Å²) >= 11 is 3.11. The number of nitrogens with zero attached hydrogens (tertiary/aromatic N) is 3. The molecule has 0 saturated heterocycles. The molecule has 6 nitrogen and oxygen atoms in total. The molecular formula is C24H26N4O2S2. The van der Waals surface area contributed by atoms with Gasteiger partial charge in [-0.1, -0.05) is 20.8 Å². The van der Waals surface area contributed by atoms with Crippen molar-refractivity contribution in [3.8, 4) is 6.07 Å². The number of hydrogen-bond donors (Lipinski definition) is 1. The molecule has 0 saturated carbocycles. The van der Waals surface area contributed by atoms with Gasteiger partial charge in [-0.05, 0) is 61.0 Å². The molecule has 3 aromatic rings. The van der Waals surface area contributed by atoms with Crippen LogP contribution in [0.15, 0.2) is 11.1 Å². The van der Waals surface area contributed by atoms with Gasteiger partial charge in [-0.3, -0.25) is 14.2 Å². The Morgan fingerprint density at radius 2 is 2.06 bits per heavy atom. The van der Waals surface area contributed by atoms with E-state index in [-0.39, 0.29) is 23.4 Å². The number of thiophene rings is 2. The lowest BCUT2D eigenvalue weighted by Gasteiger charge is -2.33. The second-order valence-electron chi connectivity index (χ2n) is 9.89. The molecule has 0 aliphatic heterocycles. The predicted molar refractivity (Wildman–Crippen MR) is 129 cm³/mol. The Morgan fingerprint density at radius 3 is 2.81 bits per heavy atom. The maximum Gasteiger partial charge on any atom is 0.262 e. The van der Waals surface area contributed by atoms with Gasteiger partial charge in [0.15, 0.2) is 0 Å². The lowest BCUT2D eigenvalue weighted by Crippen LogP contribution is -2.29. The average Bonchev–Trinajstić information content (AvgIpc) is 3.41. The van der Waals surface area contributed by atoms with Crippen LogP contribution in [0, 0.1) is 22.7 Å². The monoisotopic (exact) mass is 466 g/mol. The fourth-order valence-corrected chi connectivity index (χ4v) is 7.50. The van der Waals surface area contributed by atoms with Gasteiger partial charge >= 0.3 is 0 Å². The molecule has 166 valence electrons. The van der Waals surface area contributed by atoms with E-state index in [4.69, 9.17) is 0 Å². The molecule has 5 rings (SSSR count). The Balaban J connectivity index is 1.40. The minimum Gasteiger partial charge on any atom is -0.315 e. The summed E-state index contributed by atoms with van der Waals surface area (Å²) in [5, 5.41) is 13.7. The Morgan fingerprint density at radius 1 is 1.25 bits per heavy atom. The lowest BCUT2D eigenvalue weighted by atomic mass is 9.72. The van der Waals surface area contributed by atoms with Crippen molar-refractivity contribution < 1.29 is 4.79 Å². The van der Waals surface area contributed by atoms with E-state index in [2.05, 4.69) is 37.1 Å². The normalized spacial score (nSPS) is 17.8. The van der Waals surface area contributed by atoms with Gasteiger partial charge in [-0.2, -0.15) is 5.26 Å². The summed E-state index contributed by atoms with van der Waals surface area (Å²) in [6.45, 7) is 6.73. The second-order valence-corrected chi connectivity index (χ2v) is 12.1. The number of rotatable bonds is 3. The third-order valence-electron chi connectivity index (χ3n) is 6.86. The van der Waals surface area contributed by atoms with E-state index in [0.717, 1.165) is 54.5 Å². The Hall–Kier alpha value is -2.50. The van der Waals surface area contributed by atoms with Crippen molar-refractivity contribution in [1.29, 1.82) is 5.26 Å². The first-order valence-electron chi connectivity index (χ1n) is 11.1. The first-order chi connectivity index (χ1) is 15.3. The quantitative estimate of drug-likeness (QED) is 0.608. The van der Waals surface area contributed by atoms with Crippen LogP contribution in [0.1, 0.15) is 60.1 Å². The van der Waals surface area contributed by atoms with Gasteiger partial charge in [0, 0.05) is 9.75 Å². The highest BCUT2D eigenvalue weighted by atomic mass is 32.1. The molecule has 0 bridgehead atoms. The number of nitrogens with one attached hydrogen (secondary N) is 1. The molecule has 0 aromatic carbocycles. The number of anilines is 1. The van der Waals surface area contributed by atoms with Crippen LogP contribution in [0.3, 0.4) is 0 Å².